The van der Waals surface area contributed by atoms with Crippen LogP contribution >= 0.6 is 35.0 Å². The predicted octanol–water partition coefficient (Wildman–Crippen LogP) is 5.42. The average molecular weight is 447 g/mol. The first-order valence-corrected chi connectivity index (χ1v) is 7.63. The summed E-state index contributed by atoms with van der Waals surface area (Å²) in [6.07, 6.45) is -10.7. The van der Waals surface area contributed by atoms with Gasteiger partial charge < -0.3 is 5.73 Å². The SMILES string of the molecule is Nc1nc(SC(F)(F)C(F)(F)F)nn1-c1c(Cl)cc(C(F)(F)F)cc1Cl. The summed E-state index contributed by atoms with van der Waals surface area (Å²) < 4.78 is 101. The van der Waals surface area contributed by atoms with Gasteiger partial charge in [-0.1, -0.05) is 23.2 Å². The second-order valence-electron chi connectivity index (χ2n) is 4.57. The van der Waals surface area contributed by atoms with E-state index in [9.17, 15) is 35.1 Å². The van der Waals surface area contributed by atoms with Crippen molar-refractivity contribution in [3.63, 3.8) is 0 Å². The third-order valence-corrected chi connectivity index (χ3v) is 4.14. The molecule has 26 heavy (non-hydrogen) atoms. The Morgan fingerprint density at radius 3 is 1.88 bits per heavy atom. The number of halogens is 10. The topological polar surface area (TPSA) is 56.7 Å². The maximum absolute atomic E-state index is 13.0. The highest BCUT2D eigenvalue weighted by atomic mass is 35.5. The zero-order chi connectivity index (χ0) is 20.1. The van der Waals surface area contributed by atoms with Crippen molar-refractivity contribution in [2.24, 2.45) is 0 Å². The minimum absolute atomic E-state index is 0.458. The molecule has 0 fully saturated rings. The highest BCUT2D eigenvalue weighted by molar-refractivity contribution is 8.00. The quantitative estimate of drug-likeness (QED) is 0.505. The van der Waals surface area contributed by atoms with Crippen LogP contribution in [0.3, 0.4) is 0 Å². The van der Waals surface area contributed by atoms with E-state index in [2.05, 4.69) is 10.1 Å². The molecule has 0 aliphatic heterocycles. The van der Waals surface area contributed by atoms with Crippen LogP contribution in [0.4, 0.5) is 41.1 Å². The van der Waals surface area contributed by atoms with Crippen molar-refractivity contribution in [2.45, 2.75) is 22.8 Å². The number of nitrogen functional groups attached to an aromatic ring is 1. The summed E-state index contributed by atoms with van der Waals surface area (Å²) in [7, 11) is 0. The van der Waals surface area contributed by atoms with Gasteiger partial charge in [-0.05, 0) is 23.9 Å². The number of aromatic nitrogens is 3. The van der Waals surface area contributed by atoms with Crippen LogP contribution in [0, 0.1) is 0 Å². The Morgan fingerprint density at radius 2 is 1.46 bits per heavy atom. The molecule has 0 saturated heterocycles. The van der Waals surface area contributed by atoms with E-state index in [0.717, 1.165) is 0 Å². The van der Waals surface area contributed by atoms with Gasteiger partial charge in [-0.3, -0.25) is 0 Å². The van der Waals surface area contributed by atoms with Gasteiger partial charge in [0.2, 0.25) is 11.1 Å². The van der Waals surface area contributed by atoms with Gasteiger partial charge in [0, 0.05) is 0 Å². The van der Waals surface area contributed by atoms with Crippen LogP contribution in [0.1, 0.15) is 5.56 Å². The van der Waals surface area contributed by atoms with E-state index in [-0.39, 0.29) is 0 Å². The largest absolute Gasteiger partial charge is 0.464 e. The average Bonchev–Trinajstić information content (AvgIpc) is 2.75. The Balaban J connectivity index is 2.47. The van der Waals surface area contributed by atoms with Gasteiger partial charge in [0.15, 0.2) is 0 Å². The second-order valence-corrected chi connectivity index (χ2v) is 6.46. The number of hydrogen-bond donors (Lipinski definition) is 1. The van der Waals surface area contributed by atoms with Gasteiger partial charge in [-0.15, -0.1) is 5.10 Å². The molecule has 144 valence electrons. The molecule has 2 aromatic rings. The Kier molecular flexibility index (Phi) is 5.29. The summed E-state index contributed by atoms with van der Waals surface area (Å²) in [5.74, 6) is -0.714. The number of thioether (sulfide) groups is 1. The van der Waals surface area contributed by atoms with Crippen LogP contribution in [0.25, 0.3) is 5.69 Å². The zero-order valence-electron chi connectivity index (χ0n) is 11.8. The van der Waals surface area contributed by atoms with Crippen LogP contribution in [-0.2, 0) is 6.18 Å². The third-order valence-electron chi connectivity index (χ3n) is 2.72. The molecule has 0 saturated carbocycles. The Labute approximate surface area is 153 Å². The Hall–Kier alpha value is -1.47. The molecule has 0 spiro atoms. The number of rotatable bonds is 3. The van der Waals surface area contributed by atoms with Gasteiger partial charge in [0.1, 0.15) is 5.69 Å². The molecule has 1 heterocycles. The second kappa shape index (κ2) is 6.60. The van der Waals surface area contributed by atoms with E-state index in [1.54, 1.807) is 0 Å². The summed E-state index contributed by atoms with van der Waals surface area (Å²) in [5, 5.41) is -4.25. The van der Waals surface area contributed by atoms with Gasteiger partial charge in [0.25, 0.3) is 0 Å². The van der Waals surface area contributed by atoms with Crippen LogP contribution in [-0.4, -0.2) is 26.2 Å². The fraction of sp³-hybridized carbons (Fsp3) is 0.273. The monoisotopic (exact) mass is 446 g/mol. The zero-order valence-corrected chi connectivity index (χ0v) is 14.1. The number of alkyl halides is 8. The number of nitrogens with zero attached hydrogens (tertiary/aromatic N) is 3. The lowest BCUT2D eigenvalue weighted by atomic mass is 10.2. The van der Waals surface area contributed by atoms with Crippen LogP contribution < -0.4 is 5.73 Å². The minimum Gasteiger partial charge on any atom is -0.368 e. The molecular weight excluding hydrogens is 443 g/mol. The van der Waals surface area contributed by atoms with Crippen molar-refractivity contribution in [1.29, 1.82) is 0 Å². The number of nitrogens with two attached hydrogens (primary N) is 1. The van der Waals surface area contributed by atoms with Crippen LogP contribution in [0.2, 0.25) is 10.0 Å². The highest BCUT2D eigenvalue weighted by Gasteiger charge is 2.59. The first-order valence-electron chi connectivity index (χ1n) is 6.06. The lowest BCUT2D eigenvalue weighted by Gasteiger charge is -2.16. The fourth-order valence-electron chi connectivity index (χ4n) is 1.62. The van der Waals surface area contributed by atoms with Crippen LogP contribution in [0.5, 0.6) is 0 Å². The molecule has 0 aliphatic rings. The lowest BCUT2D eigenvalue weighted by molar-refractivity contribution is -0.237. The first kappa shape index (κ1) is 20.8. The molecule has 0 bridgehead atoms. The molecule has 2 rings (SSSR count). The number of anilines is 1. The number of benzene rings is 1. The fourth-order valence-corrected chi connectivity index (χ4v) is 2.87. The van der Waals surface area contributed by atoms with E-state index >= 15 is 0 Å². The van der Waals surface area contributed by atoms with Crippen molar-refractivity contribution in [3.05, 3.63) is 27.7 Å². The maximum atomic E-state index is 13.0. The molecule has 1 aromatic heterocycles. The molecule has 4 nitrogen and oxygen atoms in total. The standard InChI is InChI=1S/C11H4Cl2F8N4S/c12-4-1-3(9(14,15)16)2-5(13)6(4)25-7(22)23-8(24-25)26-11(20,21)10(17,18)19/h1-2H,(H2,22,23,24). The van der Waals surface area contributed by atoms with E-state index in [0.29, 0.717) is 16.8 Å². The van der Waals surface area contributed by atoms with Crippen molar-refractivity contribution in [2.75, 3.05) is 5.73 Å². The lowest BCUT2D eigenvalue weighted by Crippen LogP contribution is -2.32. The predicted molar refractivity (Wildman–Crippen MR) is 77.7 cm³/mol. The minimum atomic E-state index is -5.89. The van der Waals surface area contributed by atoms with Crippen molar-refractivity contribution < 1.29 is 35.1 Å². The highest BCUT2D eigenvalue weighted by Crippen LogP contribution is 2.47. The van der Waals surface area contributed by atoms with Crippen LogP contribution in [0.15, 0.2) is 17.3 Å². The van der Waals surface area contributed by atoms with Crippen molar-refractivity contribution >= 4 is 40.9 Å². The molecule has 0 amide bonds. The van der Waals surface area contributed by atoms with Crippen molar-refractivity contribution in [1.82, 2.24) is 14.8 Å². The molecular formula is C11H4Cl2F8N4S. The summed E-state index contributed by atoms with van der Waals surface area (Å²) in [6, 6.07) is 0.919. The maximum Gasteiger partial charge on any atom is 0.464 e. The van der Waals surface area contributed by atoms with E-state index in [1.807, 2.05) is 0 Å². The first-order chi connectivity index (χ1) is 11.6. The van der Waals surface area contributed by atoms with E-state index < -0.39 is 61.8 Å². The molecule has 0 aliphatic carbocycles. The van der Waals surface area contributed by atoms with Crippen molar-refractivity contribution in [3.8, 4) is 5.69 Å². The molecule has 0 unspecified atom stereocenters. The van der Waals surface area contributed by atoms with Gasteiger partial charge >= 0.3 is 17.6 Å². The molecule has 1 aromatic carbocycles. The summed E-state index contributed by atoms with van der Waals surface area (Å²) in [5.41, 5.74) is 3.69. The Morgan fingerprint density at radius 1 is 0.962 bits per heavy atom. The van der Waals surface area contributed by atoms with Gasteiger partial charge in [-0.2, -0.15) is 44.8 Å². The normalized spacial score (nSPS) is 13.3. The summed E-state index contributed by atoms with van der Waals surface area (Å²) >= 11 is 10.4. The number of hydrogen-bond acceptors (Lipinski definition) is 4. The third kappa shape index (κ3) is 4.09. The van der Waals surface area contributed by atoms with E-state index in [1.165, 1.54) is 0 Å². The molecule has 0 atom stereocenters. The van der Waals surface area contributed by atoms with Gasteiger partial charge in [-0.25, -0.2) is 0 Å². The Bertz CT molecular complexity index is 810. The molecule has 0 radical (unpaired) electrons. The molecule has 2 N–H and O–H groups in total. The van der Waals surface area contributed by atoms with Gasteiger partial charge in [0.05, 0.1) is 15.6 Å². The van der Waals surface area contributed by atoms with E-state index in [4.69, 9.17) is 28.9 Å². The summed E-state index contributed by atoms with van der Waals surface area (Å²) in [4.78, 5) is 3.21. The molecule has 15 heteroatoms. The smallest absolute Gasteiger partial charge is 0.368 e. The summed E-state index contributed by atoms with van der Waals surface area (Å²) in [6.45, 7) is 0.